The van der Waals surface area contributed by atoms with E-state index in [2.05, 4.69) is 14.8 Å². The maximum Gasteiger partial charge on any atom is 0.573 e. The summed E-state index contributed by atoms with van der Waals surface area (Å²) >= 11 is 0. The van der Waals surface area contributed by atoms with Crippen LogP contribution in [0.25, 0.3) is 16.9 Å². The predicted octanol–water partition coefficient (Wildman–Crippen LogP) is 7.52. The maximum absolute atomic E-state index is 12.8. The van der Waals surface area contributed by atoms with Gasteiger partial charge in [-0.15, -0.1) is 13.2 Å². The number of benzene rings is 3. The first-order valence-electron chi connectivity index (χ1n) is 10.8. The summed E-state index contributed by atoms with van der Waals surface area (Å²) in [5.74, 6) is -0.740. The summed E-state index contributed by atoms with van der Waals surface area (Å²) in [5, 5.41) is 14.3. The Balaban J connectivity index is 1.78. The Morgan fingerprint density at radius 3 is 2.19 bits per heavy atom. The largest absolute Gasteiger partial charge is 0.573 e. The zero-order valence-corrected chi connectivity index (χ0v) is 18.8. The van der Waals surface area contributed by atoms with Crippen molar-refractivity contribution < 1.29 is 36.5 Å². The van der Waals surface area contributed by atoms with Crippen LogP contribution in [-0.2, 0) is 0 Å². The highest BCUT2D eigenvalue weighted by molar-refractivity contribution is 5.75. The Labute approximate surface area is 203 Å². The van der Waals surface area contributed by atoms with Gasteiger partial charge < -0.3 is 19.9 Å². The van der Waals surface area contributed by atoms with Crippen LogP contribution in [0.3, 0.4) is 0 Å². The molecule has 188 valence electrons. The van der Waals surface area contributed by atoms with Crippen molar-refractivity contribution in [2.45, 2.75) is 25.9 Å². The lowest BCUT2D eigenvalue weighted by molar-refractivity contribution is -0.274. The lowest BCUT2D eigenvalue weighted by Gasteiger charge is -2.15. The lowest BCUT2D eigenvalue weighted by Crippen LogP contribution is -2.17. The molecular weight excluding hydrogens is 483 g/mol. The average Bonchev–Trinajstić information content (AvgIpc) is 3.15. The highest BCUT2D eigenvalue weighted by Crippen LogP contribution is 2.40. The molecule has 4 aromatic rings. The second-order valence-corrected chi connectivity index (χ2v) is 7.83. The van der Waals surface area contributed by atoms with Gasteiger partial charge in [0.15, 0.2) is 0 Å². The summed E-state index contributed by atoms with van der Waals surface area (Å²) < 4.78 is 73.2. The van der Waals surface area contributed by atoms with Gasteiger partial charge in [-0.3, -0.25) is 4.57 Å². The van der Waals surface area contributed by atoms with Crippen molar-refractivity contribution in [1.29, 1.82) is 0 Å². The third-order valence-corrected chi connectivity index (χ3v) is 5.33. The van der Waals surface area contributed by atoms with Gasteiger partial charge in [-0.25, -0.2) is 0 Å². The van der Waals surface area contributed by atoms with Crippen LogP contribution >= 0.6 is 0 Å². The molecule has 36 heavy (non-hydrogen) atoms. The SMILES string of the molecule is C[C@@H](Nc1cc(-c2cccc(OC(F)(F)F)c2)n(-c2ccc(OC(F)F)cc2)c1O)c1ccccc1. The number of alkyl halides is 5. The van der Waals surface area contributed by atoms with Gasteiger partial charge in [0.05, 0.1) is 11.4 Å². The molecule has 0 bridgehead atoms. The minimum atomic E-state index is -4.87. The van der Waals surface area contributed by atoms with Gasteiger partial charge in [0.1, 0.15) is 11.5 Å². The molecule has 2 N–H and O–H groups in total. The molecule has 0 aliphatic rings. The summed E-state index contributed by atoms with van der Waals surface area (Å²) in [7, 11) is 0. The minimum Gasteiger partial charge on any atom is -0.493 e. The number of ether oxygens (including phenoxy) is 2. The quantitative estimate of drug-likeness (QED) is 0.244. The van der Waals surface area contributed by atoms with Gasteiger partial charge in [-0.1, -0.05) is 42.5 Å². The van der Waals surface area contributed by atoms with Crippen molar-refractivity contribution in [2.75, 3.05) is 5.32 Å². The fourth-order valence-electron chi connectivity index (χ4n) is 3.77. The molecule has 1 heterocycles. The average molecular weight is 504 g/mol. The van der Waals surface area contributed by atoms with Gasteiger partial charge in [0.2, 0.25) is 5.88 Å². The molecule has 1 atom stereocenters. The Hall–Kier alpha value is -4.21. The van der Waals surface area contributed by atoms with Crippen LogP contribution in [0.1, 0.15) is 18.5 Å². The Morgan fingerprint density at radius 1 is 0.861 bits per heavy atom. The van der Waals surface area contributed by atoms with E-state index in [1.165, 1.54) is 41.0 Å². The van der Waals surface area contributed by atoms with Crippen molar-refractivity contribution in [3.8, 4) is 34.3 Å². The van der Waals surface area contributed by atoms with E-state index in [0.29, 0.717) is 22.6 Å². The molecule has 4 rings (SSSR count). The number of anilines is 1. The fraction of sp³-hybridized carbons (Fsp3) is 0.154. The standard InChI is InChI=1S/C26H21F5N2O3/c1-16(17-6-3-2-4-7-17)32-22-15-23(18-8-5-9-21(14-18)36-26(29,30)31)33(24(22)34)19-10-12-20(13-11-19)35-25(27)28/h2-16,25,32,34H,1H3/t16-/m1/s1. The van der Waals surface area contributed by atoms with E-state index in [1.807, 2.05) is 37.3 Å². The molecule has 0 unspecified atom stereocenters. The van der Waals surface area contributed by atoms with Gasteiger partial charge in [0.25, 0.3) is 0 Å². The molecule has 0 saturated heterocycles. The van der Waals surface area contributed by atoms with Crippen LogP contribution < -0.4 is 14.8 Å². The first-order chi connectivity index (χ1) is 17.1. The van der Waals surface area contributed by atoms with Crippen LogP contribution in [0, 0.1) is 0 Å². The predicted molar refractivity (Wildman–Crippen MR) is 125 cm³/mol. The van der Waals surface area contributed by atoms with E-state index in [0.717, 1.165) is 11.6 Å². The highest BCUT2D eigenvalue weighted by atomic mass is 19.4. The van der Waals surface area contributed by atoms with Crippen LogP contribution in [0.15, 0.2) is 84.9 Å². The van der Waals surface area contributed by atoms with E-state index < -0.39 is 18.7 Å². The summed E-state index contributed by atoms with van der Waals surface area (Å²) in [6.45, 7) is -1.11. The molecule has 0 saturated carbocycles. The summed E-state index contributed by atoms with van der Waals surface area (Å²) in [6, 6.07) is 21.6. The van der Waals surface area contributed by atoms with Gasteiger partial charge in [-0.05, 0) is 55.0 Å². The van der Waals surface area contributed by atoms with Gasteiger partial charge >= 0.3 is 13.0 Å². The number of aromatic nitrogens is 1. The fourth-order valence-corrected chi connectivity index (χ4v) is 3.77. The van der Waals surface area contributed by atoms with Gasteiger partial charge in [-0.2, -0.15) is 8.78 Å². The summed E-state index contributed by atoms with van der Waals surface area (Å²) in [4.78, 5) is 0. The molecule has 10 heteroatoms. The molecule has 0 spiro atoms. The number of halogens is 5. The number of hydrogen-bond donors (Lipinski definition) is 2. The smallest absolute Gasteiger partial charge is 0.493 e. The van der Waals surface area contributed by atoms with Crippen molar-refractivity contribution in [3.63, 3.8) is 0 Å². The first kappa shape index (κ1) is 24.9. The monoisotopic (exact) mass is 504 g/mol. The second kappa shape index (κ2) is 10.2. The van der Waals surface area contributed by atoms with Crippen molar-refractivity contribution >= 4 is 5.69 Å². The van der Waals surface area contributed by atoms with E-state index >= 15 is 0 Å². The van der Waals surface area contributed by atoms with Crippen molar-refractivity contribution in [3.05, 3.63) is 90.5 Å². The normalized spacial score (nSPS) is 12.4. The number of rotatable bonds is 8. The second-order valence-electron chi connectivity index (χ2n) is 7.83. The van der Waals surface area contributed by atoms with Crippen LogP contribution in [0.2, 0.25) is 0 Å². The van der Waals surface area contributed by atoms with E-state index in [4.69, 9.17) is 0 Å². The molecule has 0 aliphatic carbocycles. The van der Waals surface area contributed by atoms with E-state index in [1.54, 1.807) is 12.1 Å². The van der Waals surface area contributed by atoms with Crippen LogP contribution in [0.5, 0.6) is 17.4 Å². The maximum atomic E-state index is 12.8. The minimum absolute atomic E-state index is 0.0847. The Kier molecular flexibility index (Phi) is 7.05. The van der Waals surface area contributed by atoms with Crippen LogP contribution in [0.4, 0.5) is 27.6 Å². The molecular formula is C26H21F5N2O3. The topological polar surface area (TPSA) is 55.7 Å². The zero-order chi connectivity index (χ0) is 25.9. The molecule has 5 nitrogen and oxygen atoms in total. The molecule has 0 aliphatic heterocycles. The van der Waals surface area contributed by atoms with E-state index in [-0.39, 0.29) is 17.7 Å². The van der Waals surface area contributed by atoms with Crippen molar-refractivity contribution in [1.82, 2.24) is 4.57 Å². The third-order valence-electron chi connectivity index (χ3n) is 5.33. The molecule has 0 fully saturated rings. The van der Waals surface area contributed by atoms with Crippen LogP contribution in [-0.4, -0.2) is 22.6 Å². The van der Waals surface area contributed by atoms with Gasteiger partial charge in [0, 0.05) is 17.3 Å². The molecule has 3 aromatic carbocycles. The zero-order valence-electron chi connectivity index (χ0n) is 18.8. The third kappa shape index (κ3) is 5.88. The summed E-state index contributed by atoms with van der Waals surface area (Å²) in [6.07, 6.45) is -4.87. The first-order valence-corrected chi connectivity index (χ1v) is 10.8. The Morgan fingerprint density at radius 2 is 1.56 bits per heavy atom. The number of aromatic hydroxyl groups is 1. The summed E-state index contributed by atoms with van der Waals surface area (Å²) in [5.41, 5.74) is 2.29. The molecule has 1 aromatic heterocycles. The number of nitrogens with zero attached hydrogens (tertiary/aromatic N) is 1. The molecule has 0 radical (unpaired) electrons. The van der Waals surface area contributed by atoms with E-state index in [9.17, 15) is 27.1 Å². The van der Waals surface area contributed by atoms with Crippen molar-refractivity contribution in [2.24, 2.45) is 0 Å². The Bertz CT molecular complexity index is 1310. The highest BCUT2D eigenvalue weighted by Gasteiger charge is 2.31. The molecule has 0 amide bonds. The number of hydrogen-bond acceptors (Lipinski definition) is 4. The lowest BCUT2D eigenvalue weighted by atomic mass is 10.1. The number of nitrogens with one attached hydrogen (secondary N) is 1.